The zero-order chi connectivity index (χ0) is 23.6. The molecule has 0 heterocycles. The van der Waals surface area contributed by atoms with Gasteiger partial charge in [0.2, 0.25) is 7.37 Å². The van der Waals surface area contributed by atoms with Crippen LogP contribution in [0.15, 0.2) is 5.11 Å². The van der Waals surface area contributed by atoms with Gasteiger partial charge in [0.25, 0.3) is 0 Å². The highest BCUT2D eigenvalue weighted by Gasteiger charge is 2.14. The van der Waals surface area contributed by atoms with Crippen molar-refractivity contribution >= 4 is 7.37 Å². The van der Waals surface area contributed by atoms with Crippen molar-refractivity contribution in [2.75, 3.05) is 118 Å². The molecule has 0 aromatic carbocycles. The number of ether oxygens (including phenoxy) is 7. The molecule has 1 unspecified atom stereocenters. The van der Waals surface area contributed by atoms with E-state index in [0.29, 0.717) is 112 Å². The van der Waals surface area contributed by atoms with Crippen LogP contribution in [-0.2, 0) is 42.2 Å². The van der Waals surface area contributed by atoms with Crippen LogP contribution in [-0.4, -0.2) is 118 Å². The Balaban J connectivity index is 3.11. The second-order valence-electron chi connectivity index (χ2n) is 6.40. The highest BCUT2D eigenvalue weighted by atomic mass is 31.2. The molecule has 0 aromatic heterocycles. The molecular weight excluding hydrogens is 445 g/mol. The van der Waals surface area contributed by atoms with E-state index in [1.807, 2.05) is 6.92 Å². The zero-order valence-corrected chi connectivity index (χ0v) is 20.4. The van der Waals surface area contributed by atoms with E-state index in [4.69, 9.17) is 43.2 Å². The third kappa shape index (κ3) is 25.5. The third-order valence-corrected chi connectivity index (χ3v) is 5.47. The minimum Gasteiger partial charge on any atom is -0.379 e. The quantitative estimate of drug-likeness (QED) is 0.0593. The van der Waals surface area contributed by atoms with Gasteiger partial charge in [-0.3, -0.25) is 4.57 Å². The van der Waals surface area contributed by atoms with Crippen molar-refractivity contribution in [3.8, 4) is 0 Å². The molecule has 0 aliphatic heterocycles. The summed E-state index contributed by atoms with van der Waals surface area (Å²) in [4.78, 5) is 2.63. The largest absolute Gasteiger partial charge is 0.379 e. The molecule has 0 radical (unpaired) electrons. The van der Waals surface area contributed by atoms with E-state index in [1.165, 1.54) is 0 Å². The molecule has 0 aliphatic rings. The first kappa shape index (κ1) is 31.2. The minimum atomic E-state index is -2.52. The summed E-state index contributed by atoms with van der Waals surface area (Å²) in [5.41, 5.74) is 8.10. The van der Waals surface area contributed by atoms with Crippen LogP contribution >= 0.6 is 7.37 Å². The van der Waals surface area contributed by atoms with Gasteiger partial charge in [-0.1, -0.05) is 5.11 Å². The van der Waals surface area contributed by atoms with E-state index in [9.17, 15) is 4.57 Å². The summed E-state index contributed by atoms with van der Waals surface area (Å²) in [6.07, 6.45) is 0.417. The number of hydrogen-bond acceptors (Lipinski definition) is 10. The number of azide groups is 1. The second kappa shape index (κ2) is 24.9. The lowest BCUT2D eigenvalue weighted by molar-refractivity contribution is -0.0198. The molecule has 0 aromatic rings. The van der Waals surface area contributed by atoms with Crippen molar-refractivity contribution in [2.45, 2.75) is 6.92 Å². The van der Waals surface area contributed by atoms with E-state index in [1.54, 1.807) is 6.66 Å². The van der Waals surface area contributed by atoms with Crippen LogP contribution < -0.4 is 0 Å². The summed E-state index contributed by atoms with van der Waals surface area (Å²) < 4.78 is 54.5. The maximum absolute atomic E-state index is 11.9. The molecule has 0 saturated heterocycles. The Morgan fingerprint density at radius 1 is 0.656 bits per heavy atom. The van der Waals surface area contributed by atoms with Crippen LogP contribution in [0.1, 0.15) is 6.92 Å². The average molecular weight is 486 g/mol. The molecule has 13 heteroatoms. The van der Waals surface area contributed by atoms with Crippen LogP contribution in [0.25, 0.3) is 10.4 Å². The van der Waals surface area contributed by atoms with Crippen molar-refractivity contribution in [1.82, 2.24) is 0 Å². The Hall–Kier alpha value is -0.780. The Labute approximate surface area is 191 Å². The Bertz CT molecular complexity index is 497. The topological polar surface area (TPSA) is 140 Å². The van der Waals surface area contributed by atoms with Crippen molar-refractivity contribution in [2.24, 2.45) is 5.11 Å². The number of hydrogen-bond donors (Lipinski definition) is 0. The van der Waals surface area contributed by atoms with Gasteiger partial charge in [0, 0.05) is 24.3 Å². The molecule has 0 saturated carbocycles. The van der Waals surface area contributed by atoms with Gasteiger partial charge in [-0.05, 0) is 12.5 Å². The molecule has 0 fully saturated rings. The van der Waals surface area contributed by atoms with E-state index in [0.717, 1.165) is 0 Å². The molecule has 0 spiro atoms. The lowest BCUT2D eigenvalue weighted by Gasteiger charge is -2.12. The van der Waals surface area contributed by atoms with Crippen LogP contribution in [0.3, 0.4) is 0 Å². The first-order valence-electron chi connectivity index (χ1n) is 10.9. The third-order valence-electron chi connectivity index (χ3n) is 3.67. The molecule has 1 atom stereocenters. The monoisotopic (exact) mass is 485 g/mol. The van der Waals surface area contributed by atoms with Crippen LogP contribution in [0.5, 0.6) is 0 Å². The fourth-order valence-corrected chi connectivity index (χ4v) is 3.28. The van der Waals surface area contributed by atoms with Crippen molar-refractivity contribution in [3.05, 3.63) is 10.4 Å². The maximum Gasteiger partial charge on any atom is 0.202 e. The standard InChI is InChI=1S/C19H40N3O9P/c1-3-31-32(2,23)19-18-30-17-16-29-15-14-28-13-12-27-11-10-26-9-8-25-7-6-24-5-4-21-22-20/h3-19H2,1-2H3. The first-order chi connectivity index (χ1) is 15.6. The summed E-state index contributed by atoms with van der Waals surface area (Å²) >= 11 is 0. The predicted octanol–water partition coefficient (Wildman–Crippen LogP) is 2.36. The Kier molecular flexibility index (Phi) is 24.2. The Morgan fingerprint density at radius 2 is 1.00 bits per heavy atom. The smallest absolute Gasteiger partial charge is 0.202 e. The lowest BCUT2D eigenvalue weighted by atomic mass is 10.6. The van der Waals surface area contributed by atoms with Crippen LogP contribution in [0.2, 0.25) is 0 Å². The molecule has 0 aliphatic carbocycles. The number of rotatable bonds is 26. The average Bonchev–Trinajstić information content (AvgIpc) is 2.76. The van der Waals surface area contributed by atoms with E-state index >= 15 is 0 Å². The normalized spacial score (nSPS) is 13.1. The van der Waals surface area contributed by atoms with Gasteiger partial charge in [-0.25, -0.2) is 0 Å². The maximum atomic E-state index is 11.9. The fraction of sp³-hybridized carbons (Fsp3) is 1.00. The van der Waals surface area contributed by atoms with Gasteiger partial charge in [0.15, 0.2) is 0 Å². The molecule has 0 amide bonds. The van der Waals surface area contributed by atoms with Crippen LogP contribution in [0, 0.1) is 0 Å². The van der Waals surface area contributed by atoms with Gasteiger partial charge in [0.05, 0.1) is 99.1 Å². The highest BCUT2D eigenvalue weighted by Crippen LogP contribution is 2.41. The van der Waals surface area contributed by atoms with Gasteiger partial charge in [0.1, 0.15) is 0 Å². The van der Waals surface area contributed by atoms with Gasteiger partial charge < -0.3 is 37.7 Å². The Morgan fingerprint density at radius 3 is 1.34 bits per heavy atom. The molecule has 0 N–H and O–H groups in total. The lowest BCUT2D eigenvalue weighted by Crippen LogP contribution is -2.15. The van der Waals surface area contributed by atoms with Gasteiger partial charge in [-0.15, -0.1) is 0 Å². The number of nitrogens with zero attached hydrogens (tertiary/aromatic N) is 3. The van der Waals surface area contributed by atoms with Gasteiger partial charge >= 0.3 is 0 Å². The molecule has 190 valence electrons. The summed E-state index contributed by atoms with van der Waals surface area (Å²) in [5, 5.41) is 3.36. The van der Waals surface area contributed by atoms with Crippen molar-refractivity contribution < 1.29 is 42.2 Å². The molecule has 0 rings (SSSR count). The highest BCUT2D eigenvalue weighted by molar-refractivity contribution is 7.58. The van der Waals surface area contributed by atoms with Crippen molar-refractivity contribution in [3.63, 3.8) is 0 Å². The molecule has 12 nitrogen and oxygen atoms in total. The van der Waals surface area contributed by atoms with E-state index in [-0.39, 0.29) is 0 Å². The SMILES string of the molecule is CCOP(C)(=O)CCOCCOCCOCCOCCOCCOCCOCCN=[N+]=[N-]. The molecule has 32 heavy (non-hydrogen) atoms. The summed E-state index contributed by atoms with van der Waals surface area (Å²) in [7, 11) is -2.52. The predicted molar refractivity (Wildman–Crippen MR) is 120 cm³/mol. The summed E-state index contributed by atoms with van der Waals surface area (Å²) in [5.74, 6) is 0. The zero-order valence-electron chi connectivity index (χ0n) is 19.5. The summed E-state index contributed by atoms with van der Waals surface area (Å²) in [6.45, 7) is 10.8. The van der Waals surface area contributed by atoms with Crippen LogP contribution in [0.4, 0.5) is 0 Å². The summed E-state index contributed by atoms with van der Waals surface area (Å²) in [6, 6.07) is 0. The first-order valence-corrected chi connectivity index (χ1v) is 13.1. The molecule has 0 bridgehead atoms. The van der Waals surface area contributed by atoms with Gasteiger partial charge in [-0.2, -0.15) is 0 Å². The van der Waals surface area contributed by atoms with E-state index in [2.05, 4.69) is 10.0 Å². The van der Waals surface area contributed by atoms with E-state index < -0.39 is 7.37 Å². The fourth-order valence-electron chi connectivity index (χ4n) is 2.14. The second-order valence-corrected chi connectivity index (χ2v) is 9.13. The minimum absolute atomic E-state index is 0.329. The van der Waals surface area contributed by atoms with Crippen molar-refractivity contribution in [1.29, 1.82) is 0 Å². The molecular formula is C19H40N3O9P.